The fourth-order valence-electron chi connectivity index (χ4n) is 2.65. The molecule has 0 saturated carbocycles. The van der Waals surface area contributed by atoms with Crippen molar-refractivity contribution in [2.45, 2.75) is 77.7 Å². The van der Waals surface area contributed by atoms with Gasteiger partial charge in [-0.25, -0.2) is 4.79 Å². The number of carbonyl (C=O) groups is 1. The fourth-order valence-corrected chi connectivity index (χ4v) is 2.65. The number of hydrogen-bond donors (Lipinski definition) is 2. The lowest BCUT2D eigenvalue weighted by molar-refractivity contribution is 0.0697. The van der Waals surface area contributed by atoms with E-state index in [1.807, 2.05) is 12.1 Å². The molecule has 0 unspecified atom stereocenters. The molecule has 0 radical (unpaired) electrons. The molecule has 0 heterocycles. The minimum atomic E-state index is -0.876. The van der Waals surface area contributed by atoms with Gasteiger partial charge in [0, 0.05) is 11.7 Å². The number of anilines is 1. The molecule has 22 heavy (non-hydrogen) atoms. The smallest absolute Gasteiger partial charge is 0.335 e. The maximum atomic E-state index is 10.8. The van der Waals surface area contributed by atoms with Crippen molar-refractivity contribution in [3.63, 3.8) is 0 Å². The van der Waals surface area contributed by atoms with Gasteiger partial charge >= 0.3 is 5.97 Å². The van der Waals surface area contributed by atoms with Crippen LogP contribution in [-0.4, -0.2) is 17.1 Å². The molecule has 0 spiro atoms. The van der Waals surface area contributed by atoms with Crippen LogP contribution in [0.15, 0.2) is 24.3 Å². The zero-order valence-corrected chi connectivity index (χ0v) is 14.1. The molecule has 0 amide bonds. The molecule has 1 atom stereocenters. The summed E-state index contributed by atoms with van der Waals surface area (Å²) in [4.78, 5) is 10.8. The number of nitrogens with one attached hydrogen (secondary N) is 1. The van der Waals surface area contributed by atoms with Gasteiger partial charge in [-0.3, -0.25) is 0 Å². The van der Waals surface area contributed by atoms with Crippen LogP contribution in [0.5, 0.6) is 0 Å². The molecule has 1 aromatic carbocycles. The average molecular weight is 305 g/mol. The highest BCUT2D eigenvalue weighted by Crippen LogP contribution is 2.15. The van der Waals surface area contributed by atoms with E-state index in [0.29, 0.717) is 11.6 Å². The largest absolute Gasteiger partial charge is 0.478 e. The van der Waals surface area contributed by atoms with Crippen molar-refractivity contribution in [1.82, 2.24) is 0 Å². The van der Waals surface area contributed by atoms with Gasteiger partial charge in [0.2, 0.25) is 0 Å². The lowest BCUT2D eigenvalue weighted by Gasteiger charge is -2.15. The van der Waals surface area contributed by atoms with Crippen LogP contribution >= 0.6 is 0 Å². The second-order valence-corrected chi connectivity index (χ2v) is 6.19. The maximum absolute atomic E-state index is 10.8. The van der Waals surface area contributed by atoms with Crippen LogP contribution in [0.1, 0.15) is 82.0 Å². The zero-order valence-electron chi connectivity index (χ0n) is 14.1. The Balaban J connectivity index is 2.10. The molecule has 0 aliphatic rings. The van der Waals surface area contributed by atoms with E-state index in [1.54, 1.807) is 12.1 Å². The van der Waals surface area contributed by atoms with Crippen LogP contribution in [0.2, 0.25) is 0 Å². The van der Waals surface area contributed by atoms with Gasteiger partial charge in [-0.15, -0.1) is 0 Å². The molecule has 0 aromatic heterocycles. The lowest BCUT2D eigenvalue weighted by atomic mass is 10.0. The maximum Gasteiger partial charge on any atom is 0.335 e. The summed E-state index contributed by atoms with van der Waals surface area (Å²) in [6, 6.07) is 7.40. The summed E-state index contributed by atoms with van der Waals surface area (Å²) in [5, 5.41) is 12.3. The first-order valence-corrected chi connectivity index (χ1v) is 8.73. The van der Waals surface area contributed by atoms with Gasteiger partial charge in [-0.2, -0.15) is 0 Å². The van der Waals surface area contributed by atoms with Gasteiger partial charge in [0.15, 0.2) is 0 Å². The summed E-state index contributed by atoms with van der Waals surface area (Å²) >= 11 is 0. The summed E-state index contributed by atoms with van der Waals surface area (Å²) < 4.78 is 0. The van der Waals surface area contributed by atoms with Gasteiger partial charge in [0.05, 0.1) is 5.56 Å². The first kappa shape index (κ1) is 18.5. The highest BCUT2D eigenvalue weighted by atomic mass is 16.4. The van der Waals surface area contributed by atoms with E-state index < -0.39 is 5.97 Å². The Labute approximate surface area is 135 Å². The average Bonchev–Trinajstić information content (AvgIpc) is 2.50. The number of aromatic carboxylic acids is 1. The number of rotatable bonds is 12. The molecule has 3 nitrogen and oxygen atoms in total. The Kier molecular flexibility index (Phi) is 9.36. The van der Waals surface area contributed by atoms with E-state index >= 15 is 0 Å². The number of benzene rings is 1. The first-order chi connectivity index (χ1) is 10.6. The standard InChI is InChI=1S/C19H31NO2/c1-3-4-5-6-7-8-9-10-11-16(2)20-18-14-12-17(13-15-18)19(21)22/h12-16,20H,3-11H2,1-2H3,(H,21,22)/t16-/m1/s1. The van der Waals surface area contributed by atoms with E-state index in [9.17, 15) is 4.79 Å². The van der Waals surface area contributed by atoms with E-state index in [-0.39, 0.29) is 0 Å². The van der Waals surface area contributed by atoms with Gasteiger partial charge in [-0.05, 0) is 37.6 Å². The summed E-state index contributed by atoms with van der Waals surface area (Å²) in [5.41, 5.74) is 1.33. The summed E-state index contributed by atoms with van der Waals surface area (Å²) in [5.74, 6) is -0.876. The Hall–Kier alpha value is -1.51. The molecule has 0 fully saturated rings. The van der Waals surface area contributed by atoms with Crippen molar-refractivity contribution in [3.8, 4) is 0 Å². The lowest BCUT2D eigenvalue weighted by Crippen LogP contribution is -2.14. The SMILES string of the molecule is CCCCCCCCCC[C@@H](C)Nc1ccc(C(=O)O)cc1. The summed E-state index contributed by atoms with van der Waals surface area (Å²) in [6.07, 6.45) is 11.9. The van der Waals surface area contributed by atoms with Crippen LogP contribution in [0.25, 0.3) is 0 Å². The topological polar surface area (TPSA) is 49.3 Å². The predicted molar refractivity (Wildman–Crippen MR) is 93.7 cm³/mol. The normalized spacial score (nSPS) is 12.1. The molecule has 1 rings (SSSR count). The van der Waals surface area contributed by atoms with Crippen molar-refractivity contribution in [2.24, 2.45) is 0 Å². The molecule has 0 bridgehead atoms. The second kappa shape index (κ2) is 11.1. The Bertz CT molecular complexity index is 414. The third-order valence-corrected chi connectivity index (χ3v) is 4.04. The van der Waals surface area contributed by atoms with Crippen LogP contribution in [-0.2, 0) is 0 Å². The van der Waals surface area contributed by atoms with Crippen LogP contribution < -0.4 is 5.32 Å². The van der Waals surface area contributed by atoms with Gasteiger partial charge in [0.25, 0.3) is 0 Å². The zero-order chi connectivity index (χ0) is 16.2. The third-order valence-electron chi connectivity index (χ3n) is 4.04. The Morgan fingerprint density at radius 2 is 1.55 bits per heavy atom. The van der Waals surface area contributed by atoms with Crippen LogP contribution in [0, 0.1) is 0 Å². The molecular formula is C19H31NO2. The van der Waals surface area contributed by atoms with Crippen molar-refractivity contribution in [2.75, 3.05) is 5.32 Å². The molecule has 124 valence electrons. The van der Waals surface area contributed by atoms with Crippen molar-refractivity contribution in [3.05, 3.63) is 29.8 Å². The Morgan fingerprint density at radius 3 is 2.09 bits per heavy atom. The minimum absolute atomic E-state index is 0.335. The predicted octanol–water partition coefficient (Wildman–Crippen LogP) is 5.72. The van der Waals surface area contributed by atoms with Crippen LogP contribution in [0.4, 0.5) is 5.69 Å². The van der Waals surface area contributed by atoms with Gasteiger partial charge < -0.3 is 10.4 Å². The quantitative estimate of drug-likeness (QED) is 0.486. The molecular weight excluding hydrogens is 274 g/mol. The highest BCUT2D eigenvalue weighted by Gasteiger charge is 2.04. The molecule has 2 N–H and O–H groups in total. The molecule has 0 saturated heterocycles. The van der Waals surface area contributed by atoms with Crippen molar-refractivity contribution >= 4 is 11.7 Å². The van der Waals surface area contributed by atoms with Crippen molar-refractivity contribution in [1.29, 1.82) is 0 Å². The number of hydrogen-bond acceptors (Lipinski definition) is 2. The molecule has 3 heteroatoms. The number of unbranched alkanes of at least 4 members (excludes halogenated alkanes) is 7. The van der Waals surface area contributed by atoms with Gasteiger partial charge in [-0.1, -0.05) is 58.3 Å². The summed E-state index contributed by atoms with van der Waals surface area (Å²) in [6.45, 7) is 4.44. The van der Waals surface area contributed by atoms with E-state index in [1.165, 1.54) is 51.4 Å². The van der Waals surface area contributed by atoms with Gasteiger partial charge in [0.1, 0.15) is 0 Å². The summed E-state index contributed by atoms with van der Waals surface area (Å²) in [7, 11) is 0. The Morgan fingerprint density at radius 1 is 1.00 bits per heavy atom. The van der Waals surface area contributed by atoms with E-state index in [2.05, 4.69) is 19.2 Å². The number of carboxylic acid groups (broad SMARTS) is 1. The fraction of sp³-hybridized carbons (Fsp3) is 0.632. The van der Waals surface area contributed by atoms with Crippen molar-refractivity contribution < 1.29 is 9.90 Å². The second-order valence-electron chi connectivity index (χ2n) is 6.19. The monoisotopic (exact) mass is 305 g/mol. The first-order valence-electron chi connectivity index (χ1n) is 8.73. The molecule has 1 aromatic rings. The van der Waals surface area contributed by atoms with E-state index in [4.69, 9.17) is 5.11 Å². The highest BCUT2D eigenvalue weighted by molar-refractivity contribution is 5.87. The van der Waals surface area contributed by atoms with E-state index in [0.717, 1.165) is 12.1 Å². The third kappa shape index (κ3) is 8.06. The minimum Gasteiger partial charge on any atom is -0.478 e. The number of carboxylic acids is 1. The molecule has 0 aliphatic heterocycles. The molecule has 0 aliphatic carbocycles. The van der Waals surface area contributed by atoms with Crippen LogP contribution in [0.3, 0.4) is 0 Å².